The SMILES string of the molecule is COc1ccc(C2=C(c3ccc(Cl)cc3)C(=O)N3CCCCC3C2)cc1OC. The van der Waals surface area contributed by atoms with Crippen LogP contribution in [0.3, 0.4) is 0 Å². The minimum Gasteiger partial charge on any atom is -0.493 e. The normalized spacial score (nSPS) is 19.5. The number of hydrogen-bond donors (Lipinski definition) is 0. The van der Waals surface area contributed by atoms with Crippen molar-refractivity contribution in [1.82, 2.24) is 4.90 Å². The lowest BCUT2D eigenvalue weighted by atomic mass is 9.82. The zero-order chi connectivity index (χ0) is 19.7. The van der Waals surface area contributed by atoms with Crippen LogP contribution < -0.4 is 9.47 Å². The van der Waals surface area contributed by atoms with Crippen molar-refractivity contribution in [3.63, 3.8) is 0 Å². The van der Waals surface area contributed by atoms with Crippen LogP contribution in [0.15, 0.2) is 42.5 Å². The molecule has 1 saturated heterocycles. The van der Waals surface area contributed by atoms with E-state index >= 15 is 0 Å². The molecule has 0 saturated carbocycles. The molecule has 4 nitrogen and oxygen atoms in total. The molecule has 0 aliphatic carbocycles. The average molecular weight is 398 g/mol. The molecule has 0 spiro atoms. The molecule has 1 unspecified atom stereocenters. The lowest BCUT2D eigenvalue weighted by molar-refractivity contribution is -0.128. The molecule has 0 N–H and O–H groups in total. The van der Waals surface area contributed by atoms with Crippen molar-refractivity contribution in [2.45, 2.75) is 31.7 Å². The summed E-state index contributed by atoms with van der Waals surface area (Å²) in [5.41, 5.74) is 3.74. The number of halogens is 1. The number of piperidine rings is 1. The molecule has 146 valence electrons. The summed E-state index contributed by atoms with van der Waals surface area (Å²) < 4.78 is 10.9. The number of rotatable bonds is 4. The van der Waals surface area contributed by atoms with E-state index < -0.39 is 0 Å². The van der Waals surface area contributed by atoms with Gasteiger partial charge in [-0.05, 0) is 66.6 Å². The fraction of sp³-hybridized carbons (Fsp3) is 0.348. The van der Waals surface area contributed by atoms with Crippen LogP contribution in [0.25, 0.3) is 11.1 Å². The number of benzene rings is 2. The van der Waals surface area contributed by atoms with Gasteiger partial charge in [-0.15, -0.1) is 0 Å². The van der Waals surface area contributed by atoms with Gasteiger partial charge in [-0.3, -0.25) is 4.79 Å². The Balaban J connectivity index is 1.88. The van der Waals surface area contributed by atoms with Gasteiger partial charge in [-0.2, -0.15) is 0 Å². The largest absolute Gasteiger partial charge is 0.493 e. The van der Waals surface area contributed by atoms with Crippen molar-refractivity contribution in [3.05, 3.63) is 58.6 Å². The molecular formula is C23H24ClNO3. The maximum atomic E-state index is 13.5. The summed E-state index contributed by atoms with van der Waals surface area (Å²) in [5.74, 6) is 1.46. The van der Waals surface area contributed by atoms with Crippen LogP contribution in [0.4, 0.5) is 0 Å². The van der Waals surface area contributed by atoms with E-state index in [9.17, 15) is 4.79 Å². The Hall–Kier alpha value is -2.46. The van der Waals surface area contributed by atoms with E-state index in [0.29, 0.717) is 16.5 Å². The number of methoxy groups -OCH3 is 2. The van der Waals surface area contributed by atoms with E-state index in [1.165, 1.54) is 6.42 Å². The van der Waals surface area contributed by atoms with Gasteiger partial charge in [0.05, 0.1) is 19.8 Å². The monoisotopic (exact) mass is 397 g/mol. The number of amides is 1. The van der Waals surface area contributed by atoms with E-state index in [2.05, 4.69) is 4.90 Å². The zero-order valence-corrected chi connectivity index (χ0v) is 17.0. The third-order valence-corrected chi connectivity index (χ3v) is 5.96. The van der Waals surface area contributed by atoms with E-state index in [1.807, 2.05) is 42.5 Å². The van der Waals surface area contributed by atoms with Gasteiger partial charge in [-0.1, -0.05) is 29.8 Å². The summed E-state index contributed by atoms with van der Waals surface area (Å²) in [6.45, 7) is 0.833. The first kappa shape index (κ1) is 18.9. The molecule has 0 bridgehead atoms. The van der Waals surface area contributed by atoms with Crippen LogP contribution >= 0.6 is 11.6 Å². The van der Waals surface area contributed by atoms with Gasteiger partial charge in [-0.25, -0.2) is 0 Å². The minimum atomic E-state index is 0.114. The quantitative estimate of drug-likeness (QED) is 0.724. The molecule has 1 atom stereocenters. The predicted octanol–water partition coefficient (Wildman–Crippen LogP) is 5.05. The highest BCUT2D eigenvalue weighted by atomic mass is 35.5. The van der Waals surface area contributed by atoms with Crippen LogP contribution in [-0.4, -0.2) is 37.6 Å². The molecule has 1 amide bonds. The maximum absolute atomic E-state index is 13.5. The third-order valence-electron chi connectivity index (χ3n) is 5.71. The number of carbonyl (C=O) groups excluding carboxylic acids is 1. The Morgan fingerprint density at radius 2 is 1.68 bits per heavy atom. The van der Waals surface area contributed by atoms with Crippen molar-refractivity contribution < 1.29 is 14.3 Å². The van der Waals surface area contributed by atoms with E-state index in [0.717, 1.165) is 48.1 Å². The van der Waals surface area contributed by atoms with Gasteiger partial charge in [0.1, 0.15) is 0 Å². The number of carbonyl (C=O) groups is 1. The molecule has 1 fully saturated rings. The first-order chi connectivity index (χ1) is 13.6. The molecule has 28 heavy (non-hydrogen) atoms. The molecule has 2 aromatic rings. The minimum absolute atomic E-state index is 0.114. The number of fused-ring (bicyclic) bond motifs is 1. The molecule has 5 heteroatoms. The third kappa shape index (κ3) is 3.37. The summed E-state index contributed by atoms with van der Waals surface area (Å²) in [6.07, 6.45) is 4.14. The predicted molar refractivity (Wildman–Crippen MR) is 112 cm³/mol. The maximum Gasteiger partial charge on any atom is 0.255 e. The molecule has 4 rings (SSSR count). The number of ether oxygens (including phenoxy) is 2. The van der Waals surface area contributed by atoms with Gasteiger partial charge in [0.15, 0.2) is 11.5 Å². The molecule has 2 heterocycles. The summed E-state index contributed by atoms with van der Waals surface area (Å²) in [4.78, 5) is 15.5. The lowest BCUT2D eigenvalue weighted by Crippen LogP contribution is -2.47. The van der Waals surface area contributed by atoms with Crippen molar-refractivity contribution >= 4 is 28.7 Å². The van der Waals surface area contributed by atoms with Crippen LogP contribution in [0.1, 0.15) is 36.8 Å². The molecule has 2 aliphatic heterocycles. The second-order valence-corrected chi connectivity index (χ2v) is 7.72. The van der Waals surface area contributed by atoms with E-state index in [4.69, 9.17) is 21.1 Å². The second-order valence-electron chi connectivity index (χ2n) is 7.28. The highest BCUT2D eigenvalue weighted by Crippen LogP contribution is 2.42. The first-order valence-electron chi connectivity index (χ1n) is 9.65. The summed E-state index contributed by atoms with van der Waals surface area (Å²) in [5, 5.41) is 0.663. The number of nitrogens with zero attached hydrogens (tertiary/aromatic N) is 1. The van der Waals surface area contributed by atoms with Crippen LogP contribution in [0, 0.1) is 0 Å². The fourth-order valence-electron chi connectivity index (χ4n) is 4.29. The summed E-state index contributed by atoms with van der Waals surface area (Å²) in [7, 11) is 3.25. The van der Waals surface area contributed by atoms with Crippen molar-refractivity contribution in [2.75, 3.05) is 20.8 Å². The average Bonchev–Trinajstić information content (AvgIpc) is 2.74. The highest BCUT2D eigenvalue weighted by Gasteiger charge is 2.36. The first-order valence-corrected chi connectivity index (χ1v) is 10.0. The van der Waals surface area contributed by atoms with Crippen molar-refractivity contribution in [3.8, 4) is 11.5 Å². The Bertz CT molecular complexity index is 920. The molecule has 2 aromatic carbocycles. The Kier molecular flexibility index (Phi) is 5.31. The highest BCUT2D eigenvalue weighted by molar-refractivity contribution is 6.31. The standard InChI is InChI=1S/C23H24ClNO3/c1-27-20-11-8-16(13-21(20)28-2)19-14-18-5-3-4-12-25(18)23(26)22(19)15-6-9-17(24)10-7-15/h6-11,13,18H,3-5,12,14H2,1-2H3. The molecule has 0 radical (unpaired) electrons. The van der Waals surface area contributed by atoms with Crippen LogP contribution in [0.5, 0.6) is 11.5 Å². The lowest BCUT2D eigenvalue weighted by Gasteiger charge is -2.41. The van der Waals surface area contributed by atoms with Gasteiger partial charge < -0.3 is 14.4 Å². The van der Waals surface area contributed by atoms with Gasteiger partial charge in [0.2, 0.25) is 0 Å². The van der Waals surface area contributed by atoms with Crippen molar-refractivity contribution in [1.29, 1.82) is 0 Å². The smallest absolute Gasteiger partial charge is 0.255 e. The fourth-order valence-corrected chi connectivity index (χ4v) is 4.42. The Labute approximate surface area is 170 Å². The summed E-state index contributed by atoms with van der Waals surface area (Å²) in [6, 6.07) is 13.7. The second kappa shape index (κ2) is 7.88. The van der Waals surface area contributed by atoms with Gasteiger partial charge >= 0.3 is 0 Å². The Morgan fingerprint density at radius 1 is 0.964 bits per heavy atom. The summed E-state index contributed by atoms with van der Waals surface area (Å²) >= 11 is 6.08. The number of hydrogen-bond acceptors (Lipinski definition) is 3. The Morgan fingerprint density at radius 3 is 2.39 bits per heavy atom. The van der Waals surface area contributed by atoms with Gasteiger partial charge in [0, 0.05) is 17.6 Å². The van der Waals surface area contributed by atoms with Crippen LogP contribution in [-0.2, 0) is 4.79 Å². The van der Waals surface area contributed by atoms with Crippen molar-refractivity contribution in [2.24, 2.45) is 0 Å². The van der Waals surface area contributed by atoms with Gasteiger partial charge in [0.25, 0.3) is 5.91 Å². The van der Waals surface area contributed by atoms with E-state index in [1.54, 1.807) is 14.2 Å². The molecule has 2 aliphatic rings. The topological polar surface area (TPSA) is 38.8 Å². The van der Waals surface area contributed by atoms with Crippen LogP contribution in [0.2, 0.25) is 5.02 Å². The molecule has 0 aromatic heterocycles. The zero-order valence-electron chi connectivity index (χ0n) is 16.2. The van der Waals surface area contributed by atoms with E-state index in [-0.39, 0.29) is 11.9 Å². The molecular weight excluding hydrogens is 374 g/mol.